The molecule has 2 heterocycles. The van der Waals surface area contributed by atoms with Gasteiger partial charge in [-0.15, -0.1) is 11.8 Å². The lowest BCUT2D eigenvalue weighted by atomic mass is 10.1. The molecule has 0 atom stereocenters. The first-order valence-electron chi connectivity index (χ1n) is 9.29. The van der Waals surface area contributed by atoms with Crippen molar-refractivity contribution in [3.8, 4) is 11.3 Å². The van der Waals surface area contributed by atoms with Crippen LogP contribution >= 0.6 is 11.8 Å². The quantitative estimate of drug-likeness (QED) is 0.256. The molecule has 134 valence electrons. The topological polar surface area (TPSA) is 25.8 Å². The van der Waals surface area contributed by atoms with Gasteiger partial charge in [-0.05, 0) is 23.8 Å². The Morgan fingerprint density at radius 2 is 1.36 bits per heavy atom. The van der Waals surface area contributed by atoms with Crippen molar-refractivity contribution < 1.29 is 0 Å². The van der Waals surface area contributed by atoms with Crippen LogP contribution in [0.25, 0.3) is 33.1 Å². The fourth-order valence-corrected chi connectivity index (χ4v) is 4.31. The van der Waals surface area contributed by atoms with Crippen LogP contribution in [0.3, 0.4) is 0 Å². The Morgan fingerprint density at radius 3 is 2.18 bits per heavy atom. The second kappa shape index (κ2) is 7.45. The second-order valence-corrected chi connectivity index (χ2v) is 7.66. The fraction of sp³-hybridized carbons (Fsp3) is 0.0400. The van der Waals surface area contributed by atoms with Gasteiger partial charge in [0.2, 0.25) is 0 Å². The maximum atomic E-state index is 5.02. The van der Waals surface area contributed by atoms with Gasteiger partial charge in [0, 0.05) is 22.1 Å². The van der Waals surface area contributed by atoms with Crippen molar-refractivity contribution in [2.45, 2.75) is 10.8 Å². The van der Waals surface area contributed by atoms with Crippen molar-refractivity contribution in [3.05, 3.63) is 103 Å². The first-order valence-corrected chi connectivity index (χ1v) is 10.3. The Labute approximate surface area is 168 Å². The first kappa shape index (κ1) is 17.0. The summed E-state index contributed by atoms with van der Waals surface area (Å²) in [5.74, 6) is 0.883. The van der Waals surface area contributed by atoms with Crippen molar-refractivity contribution in [2.75, 3.05) is 0 Å². The second-order valence-electron chi connectivity index (χ2n) is 6.70. The van der Waals surface area contributed by atoms with Crippen molar-refractivity contribution >= 4 is 33.6 Å². The molecule has 2 nitrogen and oxygen atoms in total. The number of pyridine rings is 2. The molecule has 0 saturated heterocycles. The third kappa shape index (κ3) is 3.37. The smallest absolute Gasteiger partial charge is 0.106 e. The van der Waals surface area contributed by atoms with Gasteiger partial charge < -0.3 is 0 Å². The van der Waals surface area contributed by atoms with E-state index < -0.39 is 0 Å². The van der Waals surface area contributed by atoms with Gasteiger partial charge in [-0.1, -0.05) is 78.9 Å². The van der Waals surface area contributed by atoms with Gasteiger partial charge in [0.25, 0.3) is 0 Å². The van der Waals surface area contributed by atoms with E-state index in [-0.39, 0.29) is 0 Å². The van der Waals surface area contributed by atoms with Crippen LogP contribution in [0, 0.1) is 0 Å². The van der Waals surface area contributed by atoms with Crippen molar-refractivity contribution in [1.29, 1.82) is 0 Å². The Hall–Kier alpha value is -3.17. The van der Waals surface area contributed by atoms with E-state index in [0.29, 0.717) is 0 Å². The molecule has 3 heteroatoms. The van der Waals surface area contributed by atoms with Crippen LogP contribution in [0.5, 0.6) is 0 Å². The molecule has 0 aliphatic rings. The molecule has 0 fully saturated rings. The highest BCUT2D eigenvalue weighted by atomic mass is 32.2. The number of nitrogens with zero attached hydrogens (tertiary/aromatic N) is 2. The van der Waals surface area contributed by atoms with Crippen LogP contribution < -0.4 is 0 Å². The number of fused-ring (bicyclic) bond motifs is 2. The fourth-order valence-electron chi connectivity index (χ4n) is 3.34. The third-order valence-electron chi connectivity index (χ3n) is 4.77. The van der Waals surface area contributed by atoms with E-state index in [0.717, 1.165) is 43.8 Å². The summed E-state index contributed by atoms with van der Waals surface area (Å²) >= 11 is 1.77. The molecule has 0 radical (unpaired) electrons. The summed E-state index contributed by atoms with van der Waals surface area (Å²) in [6.07, 6.45) is 0. The Kier molecular flexibility index (Phi) is 4.51. The predicted molar refractivity (Wildman–Crippen MR) is 118 cm³/mol. The number of benzene rings is 3. The summed E-state index contributed by atoms with van der Waals surface area (Å²) in [6.45, 7) is 0. The summed E-state index contributed by atoms with van der Waals surface area (Å²) in [5.41, 5.74) is 5.37. The highest BCUT2D eigenvalue weighted by Crippen LogP contribution is 2.33. The van der Waals surface area contributed by atoms with Crippen LogP contribution in [-0.4, -0.2) is 9.97 Å². The van der Waals surface area contributed by atoms with Gasteiger partial charge in [-0.3, -0.25) is 0 Å². The average Bonchev–Trinajstić information content (AvgIpc) is 2.77. The van der Waals surface area contributed by atoms with E-state index >= 15 is 0 Å². The van der Waals surface area contributed by atoms with Crippen LogP contribution in [0.4, 0.5) is 0 Å². The Balaban J connectivity index is 1.66. The molecule has 3 aromatic carbocycles. The molecule has 0 aliphatic heterocycles. The molecule has 28 heavy (non-hydrogen) atoms. The normalized spacial score (nSPS) is 11.1. The zero-order valence-corrected chi connectivity index (χ0v) is 16.1. The number of thioether (sulfide) groups is 1. The van der Waals surface area contributed by atoms with E-state index in [1.54, 1.807) is 11.8 Å². The molecular weight excluding hydrogens is 360 g/mol. The van der Waals surface area contributed by atoms with E-state index in [1.807, 2.05) is 30.3 Å². The van der Waals surface area contributed by atoms with E-state index in [2.05, 4.69) is 66.7 Å². The largest absolute Gasteiger partial charge is 0.248 e. The number of para-hydroxylation sites is 1. The molecule has 2 aromatic heterocycles. The number of hydrogen-bond donors (Lipinski definition) is 0. The zero-order valence-electron chi connectivity index (χ0n) is 15.2. The van der Waals surface area contributed by atoms with Gasteiger partial charge >= 0.3 is 0 Å². The summed E-state index contributed by atoms with van der Waals surface area (Å²) in [6, 6.07) is 33.4. The molecular formula is C25H18N2S. The minimum Gasteiger partial charge on any atom is -0.248 e. The van der Waals surface area contributed by atoms with Gasteiger partial charge in [0.15, 0.2) is 0 Å². The van der Waals surface area contributed by atoms with E-state index in [1.165, 1.54) is 5.56 Å². The monoisotopic (exact) mass is 378 g/mol. The maximum absolute atomic E-state index is 5.02. The molecule has 0 spiro atoms. The maximum Gasteiger partial charge on any atom is 0.106 e. The highest BCUT2D eigenvalue weighted by Gasteiger charge is 2.11. The van der Waals surface area contributed by atoms with Crippen molar-refractivity contribution in [1.82, 2.24) is 9.97 Å². The molecule has 0 aliphatic carbocycles. The summed E-state index contributed by atoms with van der Waals surface area (Å²) in [5, 5.41) is 3.28. The molecule has 5 rings (SSSR count). The first-order chi connectivity index (χ1) is 13.9. The number of rotatable bonds is 4. The predicted octanol–water partition coefficient (Wildman–Crippen LogP) is 6.74. The summed E-state index contributed by atoms with van der Waals surface area (Å²) in [7, 11) is 0. The van der Waals surface area contributed by atoms with Crippen LogP contribution in [0.2, 0.25) is 0 Å². The highest BCUT2D eigenvalue weighted by molar-refractivity contribution is 7.98. The van der Waals surface area contributed by atoms with E-state index in [4.69, 9.17) is 9.97 Å². The van der Waals surface area contributed by atoms with Gasteiger partial charge in [0.05, 0.1) is 16.7 Å². The van der Waals surface area contributed by atoms with Crippen molar-refractivity contribution in [2.24, 2.45) is 0 Å². The van der Waals surface area contributed by atoms with Crippen LogP contribution in [0.15, 0.2) is 102 Å². The van der Waals surface area contributed by atoms with Crippen molar-refractivity contribution in [3.63, 3.8) is 0 Å². The number of hydrogen-bond acceptors (Lipinski definition) is 3. The molecule has 0 unspecified atom stereocenters. The average molecular weight is 379 g/mol. The molecule has 0 bridgehead atoms. The van der Waals surface area contributed by atoms with Crippen LogP contribution in [-0.2, 0) is 5.75 Å². The van der Waals surface area contributed by atoms with Gasteiger partial charge in [-0.25, -0.2) is 9.97 Å². The molecule has 0 N–H and O–H groups in total. The molecule has 0 amide bonds. The number of aromatic nitrogens is 2. The molecule has 5 aromatic rings. The van der Waals surface area contributed by atoms with Gasteiger partial charge in [0.1, 0.15) is 5.03 Å². The van der Waals surface area contributed by atoms with E-state index in [9.17, 15) is 0 Å². The standard InChI is InChI=1S/C25H18N2S/c1-3-9-18(10-4-1)17-28-25-21-15-20-13-7-8-14-22(20)26-24(21)16-23(27-25)19-11-5-2-6-12-19/h1-16H,17H2. The lowest BCUT2D eigenvalue weighted by Gasteiger charge is -2.10. The van der Waals surface area contributed by atoms with Crippen LogP contribution in [0.1, 0.15) is 5.56 Å². The Bertz CT molecular complexity index is 1250. The van der Waals surface area contributed by atoms with Gasteiger partial charge in [-0.2, -0.15) is 0 Å². The minimum absolute atomic E-state index is 0.883. The lowest BCUT2D eigenvalue weighted by Crippen LogP contribution is -1.92. The third-order valence-corrected chi connectivity index (χ3v) is 5.83. The zero-order chi connectivity index (χ0) is 18.8. The Morgan fingerprint density at radius 1 is 0.643 bits per heavy atom. The molecule has 0 saturated carbocycles. The SMILES string of the molecule is c1ccc(CSc2nc(-c3ccccc3)cc3nc4ccccc4cc23)cc1. The minimum atomic E-state index is 0.883. The summed E-state index contributed by atoms with van der Waals surface area (Å²) < 4.78 is 0. The lowest BCUT2D eigenvalue weighted by molar-refractivity contribution is 1.17. The summed E-state index contributed by atoms with van der Waals surface area (Å²) in [4.78, 5) is 9.94.